The summed E-state index contributed by atoms with van der Waals surface area (Å²) in [7, 11) is 1.45. The van der Waals surface area contributed by atoms with Gasteiger partial charge < -0.3 is 43.5 Å². The predicted octanol–water partition coefficient (Wildman–Crippen LogP) is 4.82. The molecule has 5 rings (SSSR count). The van der Waals surface area contributed by atoms with E-state index in [2.05, 4.69) is 15.6 Å². The van der Waals surface area contributed by atoms with Gasteiger partial charge in [0.1, 0.15) is 36.4 Å². The molecular weight excluding hydrogens is 906 g/mol. The number of methoxy groups -OCH3 is 1. The number of carbonyl (C=O) groups excluding carboxylic acids is 7. The van der Waals surface area contributed by atoms with E-state index in [1.54, 1.807) is 61.7 Å². The number of nitrogens with zero attached hydrogens (tertiary/aromatic N) is 5. The summed E-state index contributed by atoms with van der Waals surface area (Å²) in [5.74, 6) is -5.71. The zero-order chi connectivity index (χ0) is 49.5. The fourth-order valence-corrected chi connectivity index (χ4v) is 7.47. The zero-order valence-corrected chi connectivity index (χ0v) is 38.2. The summed E-state index contributed by atoms with van der Waals surface area (Å²) in [6.07, 6.45) is -6.73. The lowest BCUT2D eigenvalue weighted by Crippen LogP contribution is -2.54. The molecule has 20 nitrogen and oxygen atoms in total. The van der Waals surface area contributed by atoms with Crippen molar-refractivity contribution in [2.24, 2.45) is 11.8 Å². The van der Waals surface area contributed by atoms with Gasteiger partial charge in [-0.25, -0.2) is 14.3 Å². The molecule has 3 unspecified atom stereocenters. The molecule has 2 saturated heterocycles. The topological polar surface area (TPSA) is 233 Å². The van der Waals surface area contributed by atoms with Crippen molar-refractivity contribution in [3.63, 3.8) is 0 Å². The second-order valence-electron chi connectivity index (χ2n) is 16.3. The summed E-state index contributed by atoms with van der Waals surface area (Å²) >= 11 is 0. The third-order valence-electron chi connectivity index (χ3n) is 11.1. The molecule has 1 aromatic heterocycles. The number of imide groups is 1. The largest absolute Gasteiger partial charge is 0.496 e. The maximum absolute atomic E-state index is 13.7. The summed E-state index contributed by atoms with van der Waals surface area (Å²) < 4.78 is 77.0. The fraction of sp³-hybridized carbons (Fsp3) is 0.533. The summed E-state index contributed by atoms with van der Waals surface area (Å²) in [4.78, 5) is 89.8. The van der Waals surface area contributed by atoms with E-state index in [9.17, 15) is 46.7 Å². The first-order valence-electron chi connectivity index (χ1n) is 21.9. The number of amides is 4. The molecule has 0 radical (unpaired) electrons. The van der Waals surface area contributed by atoms with Crippen LogP contribution in [0.2, 0.25) is 0 Å². The second-order valence-corrected chi connectivity index (χ2v) is 16.3. The molecule has 0 aliphatic carbocycles. The fourth-order valence-electron chi connectivity index (χ4n) is 7.47. The van der Waals surface area contributed by atoms with Crippen LogP contribution in [0.1, 0.15) is 77.3 Å². The molecule has 1 N–H and O–H groups in total. The minimum atomic E-state index is -5.20. The van der Waals surface area contributed by atoms with Crippen molar-refractivity contribution in [3.05, 3.63) is 65.9 Å². The van der Waals surface area contributed by atoms with Crippen LogP contribution in [0.3, 0.4) is 0 Å². The highest BCUT2D eigenvalue weighted by molar-refractivity contribution is 6.01. The second kappa shape index (κ2) is 24.4. The van der Waals surface area contributed by atoms with E-state index >= 15 is 0 Å². The minimum Gasteiger partial charge on any atom is -0.496 e. The number of aromatic nitrogens is 3. The molecule has 3 heterocycles. The number of carbonyl (C=O) groups is 7. The van der Waals surface area contributed by atoms with Crippen molar-refractivity contribution in [2.75, 3.05) is 26.8 Å². The highest BCUT2D eigenvalue weighted by atomic mass is 19.4. The quantitative estimate of drug-likeness (QED) is 0.0616. The van der Waals surface area contributed by atoms with Gasteiger partial charge in [0.25, 0.3) is 11.8 Å². The van der Waals surface area contributed by atoms with E-state index in [0.717, 1.165) is 6.92 Å². The van der Waals surface area contributed by atoms with Gasteiger partial charge in [-0.2, -0.15) is 13.2 Å². The van der Waals surface area contributed by atoms with Gasteiger partial charge in [-0.3, -0.25) is 24.0 Å². The molecule has 2 aliphatic rings. The maximum Gasteiger partial charge on any atom is 0.471 e. The van der Waals surface area contributed by atoms with Crippen LogP contribution < -0.4 is 10.1 Å². The summed E-state index contributed by atoms with van der Waals surface area (Å²) in [5.41, 5.74) is 1.99. The molecule has 0 saturated carbocycles. The number of benzene rings is 2. The number of hydroxylamine groups is 2. The van der Waals surface area contributed by atoms with Gasteiger partial charge in [0.05, 0.1) is 33.0 Å². The summed E-state index contributed by atoms with van der Waals surface area (Å²) in [5, 5.41) is 11.7. The van der Waals surface area contributed by atoms with Crippen LogP contribution in [0.4, 0.5) is 18.0 Å². The molecule has 2 fully saturated rings. The number of esters is 2. The summed E-state index contributed by atoms with van der Waals surface area (Å²) in [6.45, 7) is 4.60. The molecule has 0 spiro atoms. The lowest BCUT2D eigenvalue weighted by atomic mass is 9.84. The molecule has 0 bridgehead atoms. The SMILES string of the molecule is COc1cc(-c2cn(CC3O[C@H](OCC(CN(Cc4ccccc4)C(=O)C(F)(F)F)OC(C)=O)C(C)[C@@H](C)[C@H]3OC(C)=O)nn2)ccc1COC(=O)NCCCCCC(=O)ON1C(=O)CCC1=O. The number of alkyl halides is 3. The molecule has 3 aromatic rings. The minimum absolute atomic E-state index is 0.000490. The Bertz CT molecular complexity index is 2230. The monoisotopic (exact) mass is 960 g/mol. The van der Waals surface area contributed by atoms with Gasteiger partial charge in [0.15, 0.2) is 6.29 Å². The highest BCUT2D eigenvalue weighted by Gasteiger charge is 2.46. The van der Waals surface area contributed by atoms with Crippen molar-refractivity contribution in [1.82, 2.24) is 30.3 Å². The van der Waals surface area contributed by atoms with Crippen LogP contribution in [-0.2, 0) is 77.0 Å². The van der Waals surface area contributed by atoms with Gasteiger partial charge in [-0.15, -0.1) is 10.2 Å². The average molecular weight is 961 g/mol. The van der Waals surface area contributed by atoms with Gasteiger partial charge in [0.2, 0.25) is 0 Å². The average Bonchev–Trinajstić information content (AvgIpc) is 3.89. The van der Waals surface area contributed by atoms with Crippen LogP contribution in [0, 0.1) is 11.8 Å². The number of nitrogens with one attached hydrogen (secondary N) is 1. The van der Waals surface area contributed by atoms with Crippen LogP contribution in [0.15, 0.2) is 54.7 Å². The summed E-state index contributed by atoms with van der Waals surface area (Å²) in [6, 6.07) is 13.1. The first-order valence-corrected chi connectivity index (χ1v) is 21.9. The molecule has 370 valence electrons. The van der Waals surface area contributed by atoms with Crippen LogP contribution in [-0.4, -0.2) is 124 Å². The van der Waals surface area contributed by atoms with Gasteiger partial charge >= 0.3 is 36.1 Å². The third kappa shape index (κ3) is 15.2. The number of hydrogen-bond donors (Lipinski definition) is 1. The number of ether oxygens (including phenoxy) is 6. The van der Waals surface area contributed by atoms with Gasteiger partial charge in [-0.05, 0) is 24.5 Å². The molecule has 2 aromatic carbocycles. The third-order valence-corrected chi connectivity index (χ3v) is 11.1. The Morgan fingerprint density at radius 2 is 1.68 bits per heavy atom. The van der Waals surface area contributed by atoms with E-state index < -0.39 is 98.1 Å². The Hall–Kier alpha value is -6.62. The number of rotatable bonds is 22. The molecule has 6 atom stereocenters. The Morgan fingerprint density at radius 3 is 2.34 bits per heavy atom. The van der Waals surface area contributed by atoms with E-state index in [4.69, 9.17) is 33.3 Å². The smallest absolute Gasteiger partial charge is 0.471 e. The Kier molecular flexibility index (Phi) is 18.8. The number of alkyl carbamates (subject to hydrolysis) is 1. The Balaban J connectivity index is 1.16. The van der Waals surface area contributed by atoms with Crippen LogP contribution in [0.25, 0.3) is 11.3 Å². The first-order chi connectivity index (χ1) is 32.3. The van der Waals surface area contributed by atoms with Crippen LogP contribution >= 0.6 is 0 Å². The number of halogens is 3. The molecule has 68 heavy (non-hydrogen) atoms. The Morgan fingerprint density at radius 1 is 0.956 bits per heavy atom. The van der Waals surface area contributed by atoms with E-state index in [1.807, 2.05) is 6.92 Å². The molecule has 4 amide bonds. The van der Waals surface area contributed by atoms with Gasteiger partial charge in [0, 0.05) is 69.2 Å². The number of unbranched alkanes of at least 4 members (excludes halogenated alkanes) is 2. The number of hydrogen-bond acceptors (Lipinski definition) is 16. The van der Waals surface area contributed by atoms with Gasteiger partial charge in [-0.1, -0.05) is 67.9 Å². The van der Waals surface area contributed by atoms with Crippen molar-refractivity contribution in [3.8, 4) is 17.0 Å². The lowest BCUT2D eigenvalue weighted by Gasteiger charge is -2.44. The predicted molar refractivity (Wildman–Crippen MR) is 228 cm³/mol. The molecular formula is C45H55F3N6O14. The van der Waals surface area contributed by atoms with Crippen molar-refractivity contribution in [2.45, 2.75) is 117 Å². The van der Waals surface area contributed by atoms with E-state index in [-0.39, 0.29) is 44.9 Å². The Labute approximate surface area is 389 Å². The van der Waals surface area contributed by atoms with E-state index in [1.165, 1.54) is 18.7 Å². The maximum atomic E-state index is 13.7. The standard InChI is InChI=1S/C45H55F3N6O14/c1-27-28(2)42(63-26-34(65-29(3)55)22-52(43(60)45(46,47)48)21-31-12-8-6-9-13-31)67-37(41(27)66-30(4)56)24-53-23-35(50-51-53)32-15-16-33(36(20-32)62-5)25-64-44(61)49-19-11-7-10-14-40(59)68-54-38(57)17-18-39(54)58/h6,8-9,12-13,15-16,20,23,27-28,34,37,41-42H,7,10-11,14,17-19,21-22,24-26H2,1-5H3,(H,49,61)/t27-,28?,34?,37?,41-,42+/m1/s1. The first kappa shape index (κ1) is 52.4. The molecule has 23 heteroatoms. The van der Waals surface area contributed by atoms with E-state index in [0.29, 0.717) is 57.4 Å². The normalized spacial score (nSPS) is 19.8. The lowest BCUT2D eigenvalue weighted by molar-refractivity contribution is -0.274. The van der Waals surface area contributed by atoms with Crippen molar-refractivity contribution < 1.29 is 80.0 Å². The molecule has 2 aliphatic heterocycles. The zero-order valence-electron chi connectivity index (χ0n) is 38.2. The van der Waals surface area contributed by atoms with Crippen molar-refractivity contribution >= 4 is 41.7 Å². The highest BCUT2D eigenvalue weighted by Crippen LogP contribution is 2.35. The van der Waals surface area contributed by atoms with Crippen LogP contribution in [0.5, 0.6) is 5.75 Å². The van der Waals surface area contributed by atoms with Crippen molar-refractivity contribution in [1.29, 1.82) is 0 Å².